The van der Waals surface area contributed by atoms with E-state index in [-0.39, 0.29) is 24.1 Å². The van der Waals surface area contributed by atoms with E-state index in [0.29, 0.717) is 12.3 Å². The quantitative estimate of drug-likeness (QED) is 0.907. The van der Waals surface area contributed by atoms with Crippen molar-refractivity contribution in [1.29, 1.82) is 0 Å². The highest BCUT2D eigenvalue weighted by Gasteiger charge is 2.38. The van der Waals surface area contributed by atoms with E-state index in [1.54, 1.807) is 0 Å². The zero-order valence-corrected chi connectivity index (χ0v) is 13.4. The van der Waals surface area contributed by atoms with Gasteiger partial charge in [0.1, 0.15) is 5.75 Å². The molecule has 1 aliphatic rings. The van der Waals surface area contributed by atoms with Crippen molar-refractivity contribution < 1.29 is 9.53 Å². The summed E-state index contributed by atoms with van der Waals surface area (Å²) in [6, 6.07) is 7.76. The molecule has 1 heterocycles. The van der Waals surface area contributed by atoms with Crippen molar-refractivity contribution in [3.63, 3.8) is 0 Å². The van der Waals surface area contributed by atoms with Gasteiger partial charge in [0.2, 0.25) is 5.91 Å². The molecule has 21 heavy (non-hydrogen) atoms. The molecular weight excluding hydrogens is 264 g/mol. The standard InChI is InChI=1S/C17H26N2O2/c1-11(2)10-19-16(20)9-15(18)17(19)13-6-5-7-14(8-13)21-12(3)4/h5-8,11-12,15,17H,9-10,18H2,1-4H3. The van der Waals surface area contributed by atoms with Gasteiger partial charge >= 0.3 is 0 Å². The first-order valence-electron chi connectivity index (χ1n) is 7.70. The lowest BCUT2D eigenvalue weighted by atomic mass is 10.00. The van der Waals surface area contributed by atoms with Crippen molar-refractivity contribution >= 4 is 5.91 Å². The Labute approximate surface area is 127 Å². The van der Waals surface area contributed by atoms with Crippen LogP contribution in [0.2, 0.25) is 0 Å². The second-order valence-electron chi connectivity index (χ2n) is 6.49. The fourth-order valence-corrected chi connectivity index (χ4v) is 2.90. The number of amides is 1. The van der Waals surface area contributed by atoms with Crippen LogP contribution in [0.15, 0.2) is 24.3 Å². The molecule has 116 valence electrons. The van der Waals surface area contributed by atoms with Gasteiger partial charge in [-0.1, -0.05) is 26.0 Å². The van der Waals surface area contributed by atoms with Crippen molar-refractivity contribution in [2.24, 2.45) is 11.7 Å². The Morgan fingerprint density at radius 1 is 1.33 bits per heavy atom. The van der Waals surface area contributed by atoms with E-state index in [4.69, 9.17) is 10.5 Å². The summed E-state index contributed by atoms with van der Waals surface area (Å²) >= 11 is 0. The molecule has 1 aliphatic heterocycles. The number of rotatable bonds is 5. The van der Waals surface area contributed by atoms with E-state index in [9.17, 15) is 4.79 Å². The van der Waals surface area contributed by atoms with Crippen molar-refractivity contribution in [2.45, 2.75) is 52.3 Å². The Balaban J connectivity index is 2.27. The molecule has 4 nitrogen and oxygen atoms in total. The first kappa shape index (κ1) is 15.8. The van der Waals surface area contributed by atoms with Crippen molar-refractivity contribution in [3.05, 3.63) is 29.8 Å². The lowest BCUT2D eigenvalue weighted by molar-refractivity contribution is -0.129. The summed E-state index contributed by atoms with van der Waals surface area (Å²) in [7, 11) is 0. The minimum absolute atomic E-state index is 0.0457. The van der Waals surface area contributed by atoms with Crippen LogP contribution in [0.4, 0.5) is 0 Å². The lowest BCUT2D eigenvalue weighted by Gasteiger charge is -2.29. The number of carbonyl (C=O) groups excluding carboxylic acids is 1. The highest BCUT2D eigenvalue weighted by atomic mass is 16.5. The second-order valence-corrected chi connectivity index (χ2v) is 6.49. The summed E-state index contributed by atoms with van der Waals surface area (Å²) in [6.45, 7) is 8.98. The summed E-state index contributed by atoms with van der Waals surface area (Å²) < 4.78 is 5.75. The maximum Gasteiger partial charge on any atom is 0.224 e. The fourth-order valence-electron chi connectivity index (χ4n) is 2.90. The Hall–Kier alpha value is -1.55. The van der Waals surface area contributed by atoms with Gasteiger partial charge in [0.25, 0.3) is 0 Å². The van der Waals surface area contributed by atoms with Gasteiger partial charge in [-0.25, -0.2) is 0 Å². The number of benzene rings is 1. The third-order valence-electron chi connectivity index (χ3n) is 3.61. The van der Waals surface area contributed by atoms with E-state index in [1.165, 1.54) is 0 Å². The van der Waals surface area contributed by atoms with Gasteiger partial charge in [0, 0.05) is 19.0 Å². The molecule has 0 saturated carbocycles. The molecule has 2 atom stereocenters. The monoisotopic (exact) mass is 290 g/mol. The fraction of sp³-hybridized carbons (Fsp3) is 0.588. The first-order chi connectivity index (χ1) is 9.88. The van der Waals surface area contributed by atoms with Gasteiger partial charge in [0.15, 0.2) is 0 Å². The van der Waals surface area contributed by atoms with Gasteiger partial charge in [-0.15, -0.1) is 0 Å². The number of carbonyl (C=O) groups is 1. The van der Waals surface area contributed by atoms with Crippen LogP contribution in [-0.4, -0.2) is 29.5 Å². The second kappa shape index (κ2) is 6.48. The number of nitrogens with two attached hydrogens (primary N) is 1. The van der Waals surface area contributed by atoms with Gasteiger partial charge < -0.3 is 15.4 Å². The molecule has 0 aliphatic carbocycles. The van der Waals surface area contributed by atoms with Crippen LogP contribution in [0.25, 0.3) is 0 Å². The first-order valence-corrected chi connectivity index (χ1v) is 7.70. The minimum Gasteiger partial charge on any atom is -0.491 e. The van der Waals surface area contributed by atoms with E-state index >= 15 is 0 Å². The molecule has 0 aromatic heterocycles. The normalized spacial score (nSPS) is 22.4. The highest BCUT2D eigenvalue weighted by molar-refractivity contribution is 5.80. The topological polar surface area (TPSA) is 55.6 Å². The van der Waals surface area contributed by atoms with Gasteiger partial charge in [0.05, 0.1) is 12.1 Å². The Kier molecular flexibility index (Phi) is 4.88. The molecule has 0 spiro atoms. The average Bonchev–Trinajstić information content (AvgIpc) is 2.63. The Bertz CT molecular complexity index is 499. The van der Waals surface area contributed by atoms with E-state index < -0.39 is 0 Å². The number of nitrogens with zero attached hydrogens (tertiary/aromatic N) is 1. The maximum atomic E-state index is 12.2. The molecule has 4 heteroatoms. The molecule has 1 fully saturated rings. The summed E-state index contributed by atoms with van der Waals surface area (Å²) in [5.74, 6) is 1.41. The molecule has 1 amide bonds. The van der Waals surface area contributed by atoms with Crippen molar-refractivity contribution in [2.75, 3.05) is 6.54 Å². The molecule has 2 rings (SSSR count). The average molecular weight is 290 g/mol. The molecule has 1 aromatic carbocycles. The highest BCUT2D eigenvalue weighted by Crippen LogP contribution is 2.34. The van der Waals surface area contributed by atoms with Gasteiger partial charge in [-0.2, -0.15) is 0 Å². The molecular formula is C17H26N2O2. The number of hydrogen-bond acceptors (Lipinski definition) is 3. The predicted molar refractivity (Wildman–Crippen MR) is 84.1 cm³/mol. The van der Waals surface area contributed by atoms with Crippen LogP contribution >= 0.6 is 0 Å². The molecule has 1 aromatic rings. The van der Waals surface area contributed by atoms with Gasteiger partial charge in [-0.3, -0.25) is 4.79 Å². The molecule has 1 saturated heterocycles. The third-order valence-corrected chi connectivity index (χ3v) is 3.61. The van der Waals surface area contributed by atoms with Crippen LogP contribution in [0.1, 0.15) is 45.7 Å². The molecule has 0 radical (unpaired) electrons. The summed E-state index contributed by atoms with van der Waals surface area (Å²) in [5.41, 5.74) is 7.28. The van der Waals surface area contributed by atoms with Crippen molar-refractivity contribution in [1.82, 2.24) is 4.90 Å². The lowest BCUT2D eigenvalue weighted by Crippen LogP contribution is -2.35. The maximum absolute atomic E-state index is 12.2. The smallest absolute Gasteiger partial charge is 0.224 e. The van der Waals surface area contributed by atoms with E-state index in [2.05, 4.69) is 13.8 Å². The van der Waals surface area contributed by atoms with Gasteiger partial charge in [-0.05, 0) is 37.5 Å². The summed E-state index contributed by atoms with van der Waals surface area (Å²) in [6.07, 6.45) is 0.554. The minimum atomic E-state index is -0.148. The Morgan fingerprint density at radius 3 is 2.67 bits per heavy atom. The zero-order valence-electron chi connectivity index (χ0n) is 13.4. The molecule has 2 N–H and O–H groups in total. The molecule has 0 bridgehead atoms. The largest absolute Gasteiger partial charge is 0.491 e. The van der Waals surface area contributed by atoms with E-state index in [1.807, 2.05) is 43.0 Å². The zero-order chi connectivity index (χ0) is 15.6. The summed E-state index contributed by atoms with van der Waals surface area (Å²) in [5, 5.41) is 0. The van der Waals surface area contributed by atoms with Crippen LogP contribution in [0.5, 0.6) is 5.75 Å². The number of hydrogen-bond donors (Lipinski definition) is 1. The van der Waals surface area contributed by atoms with Crippen LogP contribution in [0.3, 0.4) is 0 Å². The summed E-state index contributed by atoms with van der Waals surface area (Å²) in [4.78, 5) is 14.1. The number of likely N-dealkylation sites (tertiary alicyclic amines) is 1. The van der Waals surface area contributed by atoms with Crippen molar-refractivity contribution in [3.8, 4) is 5.75 Å². The third kappa shape index (κ3) is 3.76. The van der Waals surface area contributed by atoms with Crippen LogP contribution in [0, 0.1) is 5.92 Å². The van der Waals surface area contributed by atoms with Crippen LogP contribution < -0.4 is 10.5 Å². The predicted octanol–water partition coefficient (Wildman–Crippen LogP) is 2.73. The van der Waals surface area contributed by atoms with Crippen LogP contribution in [-0.2, 0) is 4.79 Å². The van der Waals surface area contributed by atoms with E-state index in [0.717, 1.165) is 17.9 Å². The SMILES string of the molecule is CC(C)CN1C(=O)CC(N)C1c1cccc(OC(C)C)c1. The molecule has 2 unspecified atom stereocenters. The number of ether oxygens (including phenoxy) is 1. The Morgan fingerprint density at radius 2 is 2.05 bits per heavy atom.